The Morgan fingerprint density at radius 3 is 1.75 bits per heavy atom. The van der Waals surface area contributed by atoms with Crippen molar-refractivity contribution < 1.29 is 4.43 Å². The van der Waals surface area contributed by atoms with Crippen molar-refractivity contribution in [3.8, 4) is 0 Å². The first-order valence-corrected chi connectivity index (χ1v) is 8.82. The third-order valence-electron chi connectivity index (χ3n) is 1.25. The summed E-state index contributed by atoms with van der Waals surface area (Å²) < 4.78 is 8.00. The van der Waals surface area contributed by atoms with Crippen LogP contribution >= 0.6 is 22.6 Å². The molecular formula is C9H19IOSi. The predicted octanol–water partition coefficient (Wildman–Crippen LogP) is 4.16. The molecule has 0 rings (SSSR count). The van der Waals surface area contributed by atoms with Crippen LogP contribution in [0.4, 0.5) is 0 Å². The maximum atomic E-state index is 5.94. The van der Waals surface area contributed by atoms with E-state index < -0.39 is 8.32 Å². The molecule has 0 saturated heterocycles. The van der Waals surface area contributed by atoms with Crippen LogP contribution in [-0.2, 0) is 4.43 Å². The van der Waals surface area contributed by atoms with Crippen molar-refractivity contribution in [3.63, 3.8) is 0 Å². The fraction of sp³-hybridized carbons (Fsp3) is 0.778. The highest BCUT2D eigenvalue weighted by Gasteiger charge is 2.24. The lowest BCUT2D eigenvalue weighted by atomic mass is 9.95. The lowest BCUT2D eigenvalue weighted by molar-refractivity contribution is 0.291. The van der Waals surface area contributed by atoms with Crippen LogP contribution in [0.3, 0.4) is 0 Å². The van der Waals surface area contributed by atoms with Crippen LogP contribution in [-0.4, -0.2) is 8.32 Å². The molecule has 0 aliphatic rings. The summed E-state index contributed by atoms with van der Waals surface area (Å²) in [6.07, 6.45) is 0. The first-order valence-electron chi connectivity index (χ1n) is 4.17. The zero-order valence-corrected chi connectivity index (χ0v) is 12.0. The van der Waals surface area contributed by atoms with Gasteiger partial charge in [0.1, 0.15) is 0 Å². The molecule has 72 valence electrons. The summed E-state index contributed by atoms with van der Waals surface area (Å²) in [4.78, 5) is 0. The summed E-state index contributed by atoms with van der Waals surface area (Å²) in [5.41, 5.74) is 0.140. The molecule has 0 radical (unpaired) electrons. The SMILES string of the molecule is CC(C)(C)C(=CI)O[Si](C)(C)C. The minimum Gasteiger partial charge on any atom is -0.546 e. The molecule has 0 aliphatic carbocycles. The first kappa shape index (κ1) is 12.5. The summed E-state index contributed by atoms with van der Waals surface area (Å²) in [5.74, 6) is 1.11. The molecule has 0 saturated carbocycles. The molecular weight excluding hydrogens is 279 g/mol. The average molecular weight is 298 g/mol. The van der Waals surface area contributed by atoms with Gasteiger partial charge in [0, 0.05) is 9.50 Å². The third-order valence-corrected chi connectivity index (χ3v) is 2.65. The van der Waals surface area contributed by atoms with E-state index in [9.17, 15) is 0 Å². The largest absolute Gasteiger partial charge is 0.546 e. The van der Waals surface area contributed by atoms with Gasteiger partial charge in [-0.15, -0.1) is 0 Å². The third kappa shape index (κ3) is 5.19. The average Bonchev–Trinajstić information content (AvgIpc) is 1.78. The quantitative estimate of drug-likeness (QED) is 0.422. The zero-order valence-electron chi connectivity index (χ0n) is 8.86. The van der Waals surface area contributed by atoms with Gasteiger partial charge in [-0.3, -0.25) is 0 Å². The molecule has 0 atom stereocenters. The normalized spacial score (nSPS) is 14.8. The van der Waals surface area contributed by atoms with Gasteiger partial charge in [0.15, 0.2) is 0 Å². The van der Waals surface area contributed by atoms with Crippen LogP contribution in [0.25, 0.3) is 0 Å². The van der Waals surface area contributed by atoms with Crippen molar-refractivity contribution in [2.45, 2.75) is 40.4 Å². The molecule has 0 amide bonds. The Morgan fingerprint density at radius 2 is 1.67 bits per heavy atom. The Hall–Kier alpha value is 0.487. The summed E-state index contributed by atoms with van der Waals surface area (Å²) in [5, 5.41) is 0. The van der Waals surface area contributed by atoms with E-state index in [1.54, 1.807) is 0 Å². The van der Waals surface area contributed by atoms with Gasteiger partial charge in [0.2, 0.25) is 8.32 Å². The summed E-state index contributed by atoms with van der Waals surface area (Å²) in [6.45, 7) is 13.2. The number of hydrogen-bond acceptors (Lipinski definition) is 1. The molecule has 12 heavy (non-hydrogen) atoms. The minimum absolute atomic E-state index is 0.140. The highest BCUT2D eigenvalue weighted by molar-refractivity contribution is 14.1. The lowest BCUT2D eigenvalue weighted by Crippen LogP contribution is -2.28. The Labute approximate surface area is 90.8 Å². The van der Waals surface area contributed by atoms with Gasteiger partial charge in [-0.2, -0.15) is 0 Å². The van der Waals surface area contributed by atoms with Crippen molar-refractivity contribution in [2.24, 2.45) is 5.41 Å². The van der Waals surface area contributed by atoms with Crippen LogP contribution in [0.1, 0.15) is 20.8 Å². The van der Waals surface area contributed by atoms with Crippen LogP contribution in [0.5, 0.6) is 0 Å². The van der Waals surface area contributed by atoms with E-state index in [0.29, 0.717) is 0 Å². The van der Waals surface area contributed by atoms with Crippen molar-refractivity contribution in [2.75, 3.05) is 0 Å². The molecule has 0 spiro atoms. The van der Waals surface area contributed by atoms with Gasteiger partial charge in [-0.1, -0.05) is 20.8 Å². The standard InChI is InChI=1S/C9H19IOSi/c1-9(2,3)8(7-10)11-12(4,5)6/h7H,1-6H3. The smallest absolute Gasteiger partial charge is 0.241 e. The fourth-order valence-corrected chi connectivity index (χ4v) is 2.99. The number of allylic oxidation sites excluding steroid dienone is 1. The lowest BCUT2D eigenvalue weighted by Gasteiger charge is -2.29. The van der Waals surface area contributed by atoms with E-state index in [1.165, 1.54) is 0 Å². The molecule has 0 bridgehead atoms. The van der Waals surface area contributed by atoms with E-state index in [1.807, 2.05) is 0 Å². The second kappa shape index (κ2) is 4.13. The molecule has 0 aromatic carbocycles. The van der Waals surface area contributed by atoms with E-state index in [4.69, 9.17) is 4.43 Å². The monoisotopic (exact) mass is 298 g/mol. The van der Waals surface area contributed by atoms with E-state index in [-0.39, 0.29) is 5.41 Å². The summed E-state index contributed by atoms with van der Waals surface area (Å²) in [7, 11) is -1.42. The van der Waals surface area contributed by atoms with E-state index in [0.717, 1.165) is 5.76 Å². The van der Waals surface area contributed by atoms with Gasteiger partial charge in [0.25, 0.3) is 0 Å². The van der Waals surface area contributed by atoms with E-state index >= 15 is 0 Å². The fourth-order valence-electron chi connectivity index (χ4n) is 0.669. The molecule has 0 aromatic heterocycles. The first-order chi connectivity index (χ1) is 5.17. The maximum absolute atomic E-state index is 5.94. The van der Waals surface area contributed by atoms with Crippen molar-refractivity contribution in [3.05, 3.63) is 9.84 Å². The van der Waals surface area contributed by atoms with Crippen molar-refractivity contribution in [1.29, 1.82) is 0 Å². The second-order valence-corrected chi connectivity index (χ2v) is 9.99. The van der Waals surface area contributed by atoms with Gasteiger partial charge >= 0.3 is 0 Å². The summed E-state index contributed by atoms with van der Waals surface area (Å²) >= 11 is 2.25. The van der Waals surface area contributed by atoms with Gasteiger partial charge in [-0.25, -0.2) is 0 Å². The molecule has 1 nitrogen and oxygen atoms in total. The van der Waals surface area contributed by atoms with Gasteiger partial charge in [0.05, 0.1) is 5.76 Å². The predicted molar refractivity (Wildman–Crippen MR) is 66.0 cm³/mol. The van der Waals surface area contributed by atoms with Gasteiger partial charge < -0.3 is 4.43 Å². The maximum Gasteiger partial charge on any atom is 0.241 e. The number of rotatable bonds is 2. The summed E-state index contributed by atoms with van der Waals surface area (Å²) in [6, 6.07) is 0. The second-order valence-electron chi connectivity index (χ2n) is 4.94. The highest BCUT2D eigenvalue weighted by atomic mass is 127. The Morgan fingerprint density at radius 1 is 1.25 bits per heavy atom. The Balaban J connectivity index is 4.43. The zero-order chi connectivity index (χ0) is 9.99. The molecule has 0 heterocycles. The van der Waals surface area contributed by atoms with Crippen molar-refractivity contribution >= 4 is 30.9 Å². The van der Waals surface area contributed by atoms with Crippen LogP contribution in [0.15, 0.2) is 9.84 Å². The van der Waals surface area contributed by atoms with E-state index in [2.05, 4.69) is 67.1 Å². The van der Waals surface area contributed by atoms with Gasteiger partial charge in [-0.05, 0) is 42.2 Å². The van der Waals surface area contributed by atoms with Crippen LogP contribution in [0.2, 0.25) is 19.6 Å². The molecule has 0 N–H and O–H groups in total. The Kier molecular flexibility index (Phi) is 4.30. The molecule has 0 unspecified atom stereocenters. The minimum atomic E-state index is -1.42. The highest BCUT2D eigenvalue weighted by Crippen LogP contribution is 2.29. The topological polar surface area (TPSA) is 9.23 Å². The van der Waals surface area contributed by atoms with Crippen molar-refractivity contribution in [1.82, 2.24) is 0 Å². The molecule has 0 fully saturated rings. The number of hydrogen-bond donors (Lipinski definition) is 0. The molecule has 0 aromatic rings. The Bertz CT molecular complexity index is 174. The van der Waals surface area contributed by atoms with Crippen LogP contribution < -0.4 is 0 Å². The number of halogens is 1. The van der Waals surface area contributed by atoms with Crippen LogP contribution in [0, 0.1) is 5.41 Å². The molecule has 0 aliphatic heterocycles. The molecule has 3 heteroatoms.